The van der Waals surface area contributed by atoms with Crippen LogP contribution < -0.4 is 4.74 Å². The summed E-state index contributed by atoms with van der Waals surface area (Å²) in [5, 5.41) is 5.66. The van der Waals surface area contributed by atoms with Gasteiger partial charge in [-0.05, 0) is 63.1 Å². The Balaban J connectivity index is 2.00. The van der Waals surface area contributed by atoms with Crippen molar-refractivity contribution in [2.75, 3.05) is 7.05 Å². The molecule has 31 heavy (non-hydrogen) atoms. The quantitative estimate of drug-likeness (QED) is 0.377. The third-order valence-corrected chi connectivity index (χ3v) is 6.75. The van der Waals surface area contributed by atoms with Gasteiger partial charge in [-0.1, -0.05) is 45.2 Å². The molecule has 0 N–H and O–H groups in total. The zero-order chi connectivity index (χ0) is 22.7. The van der Waals surface area contributed by atoms with Crippen molar-refractivity contribution < 1.29 is 9.53 Å². The fourth-order valence-electron chi connectivity index (χ4n) is 3.46. The Bertz CT molecular complexity index is 1190. The Morgan fingerprint density at radius 3 is 2.42 bits per heavy atom. The minimum absolute atomic E-state index is 0.217. The summed E-state index contributed by atoms with van der Waals surface area (Å²) in [7, 11) is 1.76. The summed E-state index contributed by atoms with van der Waals surface area (Å²) < 4.78 is 8.77. The Morgan fingerprint density at radius 2 is 1.81 bits per heavy atom. The highest BCUT2D eigenvalue weighted by molar-refractivity contribution is 9.10. The first-order valence-corrected chi connectivity index (χ1v) is 11.3. The van der Waals surface area contributed by atoms with Crippen LogP contribution in [0.15, 0.2) is 34.8 Å². The van der Waals surface area contributed by atoms with Crippen LogP contribution in [0.5, 0.6) is 5.75 Å². The predicted octanol–water partition coefficient (Wildman–Crippen LogP) is 6.68. The van der Waals surface area contributed by atoms with Crippen LogP contribution in [0.4, 0.5) is 0 Å². The van der Waals surface area contributed by atoms with Crippen molar-refractivity contribution in [3.8, 4) is 22.7 Å². The van der Waals surface area contributed by atoms with Crippen LogP contribution in [0.3, 0.4) is 0 Å². The van der Waals surface area contributed by atoms with Crippen molar-refractivity contribution in [3.63, 3.8) is 0 Å². The van der Waals surface area contributed by atoms with E-state index < -0.39 is 0 Å². The molecule has 3 aromatic rings. The van der Waals surface area contributed by atoms with Gasteiger partial charge in [0, 0.05) is 32.7 Å². The molecular formula is C23H22BrCl2N3O2. The van der Waals surface area contributed by atoms with Crippen LogP contribution in [0.25, 0.3) is 16.9 Å². The van der Waals surface area contributed by atoms with Crippen LogP contribution in [0.1, 0.15) is 42.4 Å². The van der Waals surface area contributed by atoms with E-state index in [0.29, 0.717) is 33.8 Å². The number of ether oxygens (including phenoxy) is 1. The number of hydrogen-bond acceptors (Lipinski definition) is 3. The first kappa shape index (κ1) is 22.2. The third kappa shape index (κ3) is 3.97. The van der Waals surface area contributed by atoms with Crippen LogP contribution in [-0.4, -0.2) is 33.2 Å². The largest absolute Gasteiger partial charge is 0.484 e. The predicted molar refractivity (Wildman–Crippen MR) is 128 cm³/mol. The van der Waals surface area contributed by atoms with E-state index >= 15 is 0 Å². The van der Waals surface area contributed by atoms with E-state index in [2.05, 4.69) is 22.0 Å². The molecule has 0 aliphatic carbocycles. The molecule has 0 atom stereocenters. The summed E-state index contributed by atoms with van der Waals surface area (Å²) in [6, 6.07) is 9.30. The van der Waals surface area contributed by atoms with Crippen molar-refractivity contribution in [1.82, 2.24) is 14.7 Å². The molecule has 0 bridgehead atoms. The maximum absolute atomic E-state index is 13.4. The van der Waals surface area contributed by atoms with Crippen LogP contribution in [0.2, 0.25) is 10.0 Å². The number of hydrogen-bond donors (Lipinski definition) is 0. The number of fused-ring (bicyclic) bond motifs is 3. The molecule has 4 rings (SSSR count). The van der Waals surface area contributed by atoms with Crippen molar-refractivity contribution in [1.29, 1.82) is 0 Å². The van der Waals surface area contributed by atoms with Gasteiger partial charge in [-0.3, -0.25) is 4.79 Å². The molecular weight excluding hydrogens is 501 g/mol. The van der Waals surface area contributed by atoms with E-state index in [-0.39, 0.29) is 17.1 Å². The zero-order valence-corrected chi connectivity index (χ0v) is 21.0. The molecule has 1 aromatic heterocycles. The van der Waals surface area contributed by atoms with E-state index in [9.17, 15) is 4.79 Å². The number of nitrogens with zero attached hydrogens (tertiary/aromatic N) is 3. The lowest BCUT2D eigenvalue weighted by atomic mass is 9.99. The minimum atomic E-state index is -0.375. The topological polar surface area (TPSA) is 47.4 Å². The van der Waals surface area contributed by atoms with Crippen molar-refractivity contribution in [2.45, 2.75) is 39.8 Å². The van der Waals surface area contributed by atoms with Crippen molar-refractivity contribution >= 4 is 45.0 Å². The number of aryl methyl sites for hydroxylation is 1. The van der Waals surface area contributed by atoms with Gasteiger partial charge in [0.15, 0.2) is 11.4 Å². The minimum Gasteiger partial charge on any atom is -0.484 e. The Kier molecular flexibility index (Phi) is 5.61. The van der Waals surface area contributed by atoms with Crippen molar-refractivity contribution in [2.24, 2.45) is 0 Å². The maximum atomic E-state index is 13.4. The fourth-order valence-corrected chi connectivity index (χ4v) is 4.32. The number of amides is 1. The Morgan fingerprint density at radius 1 is 1.16 bits per heavy atom. The summed E-state index contributed by atoms with van der Waals surface area (Å²) in [5.74, 6) is 0.241. The lowest BCUT2D eigenvalue weighted by Gasteiger charge is -2.31. The molecule has 1 amide bonds. The second-order valence-corrected chi connectivity index (χ2v) is 10.4. The molecule has 0 saturated heterocycles. The number of benzene rings is 2. The number of aromatic nitrogens is 2. The summed E-state index contributed by atoms with van der Waals surface area (Å²) in [6.45, 7) is 8.31. The Labute approximate surface area is 200 Å². The molecule has 0 saturated carbocycles. The van der Waals surface area contributed by atoms with Crippen molar-refractivity contribution in [3.05, 3.63) is 61.7 Å². The van der Waals surface area contributed by atoms with Gasteiger partial charge in [0.05, 0.1) is 5.69 Å². The van der Waals surface area contributed by atoms with E-state index in [1.54, 1.807) is 34.8 Å². The van der Waals surface area contributed by atoms with Gasteiger partial charge >= 0.3 is 0 Å². The van der Waals surface area contributed by atoms with Gasteiger partial charge < -0.3 is 9.64 Å². The van der Waals surface area contributed by atoms with E-state index in [4.69, 9.17) is 33.0 Å². The summed E-state index contributed by atoms with van der Waals surface area (Å²) in [4.78, 5) is 15.0. The highest BCUT2D eigenvalue weighted by Gasteiger charge is 2.35. The monoisotopic (exact) mass is 521 g/mol. The second-order valence-electron chi connectivity index (χ2n) is 8.65. The zero-order valence-electron chi connectivity index (χ0n) is 17.9. The van der Waals surface area contributed by atoms with Gasteiger partial charge in [-0.15, -0.1) is 0 Å². The first-order valence-electron chi connectivity index (χ1n) is 9.77. The molecule has 0 unspecified atom stereocenters. The Hall–Kier alpha value is -2.02. The number of halogens is 3. The summed E-state index contributed by atoms with van der Waals surface area (Å²) >= 11 is 16.2. The molecule has 5 nitrogen and oxygen atoms in total. The highest BCUT2D eigenvalue weighted by Crippen LogP contribution is 2.44. The van der Waals surface area contributed by atoms with Crippen LogP contribution in [0, 0.1) is 6.92 Å². The smallest absolute Gasteiger partial charge is 0.278 e. The molecule has 162 valence electrons. The number of carbonyl (C=O) groups excluding carboxylic acids is 1. The van der Waals surface area contributed by atoms with Crippen LogP contribution in [-0.2, 0) is 6.61 Å². The standard InChI is InChI=1S/C23H22BrCl2N3O2/c1-12-6-13-11-31-21-19(22(30)28(5)23(2,3)4)27-29(20(21)17(13)10-18(12)24)16-8-14(25)7-15(26)9-16/h6-10H,11H2,1-5H3. The first-order chi connectivity index (χ1) is 14.5. The third-order valence-electron chi connectivity index (χ3n) is 5.46. The van der Waals surface area contributed by atoms with Gasteiger partial charge in [0.1, 0.15) is 12.3 Å². The summed E-state index contributed by atoms with van der Waals surface area (Å²) in [5.41, 5.74) is 4.30. The molecule has 2 heterocycles. The number of carbonyl (C=O) groups is 1. The van der Waals surface area contributed by atoms with Gasteiger partial charge in [0.2, 0.25) is 0 Å². The summed E-state index contributed by atoms with van der Waals surface area (Å²) in [6.07, 6.45) is 0. The highest BCUT2D eigenvalue weighted by atomic mass is 79.9. The van der Waals surface area contributed by atoms with E-state index in [0.717, 1.165) is 21.2 Å². The average Bonchev–Trinajstić information content (AvgIpc) is 3.06. The molecule has 0 spiro atoms. The number of rotatable bonds is 2. The maximum Gasteiger partial charge on any atom is 0.278 e. The lowest BCUT2D eigenvalue weighted by molar-refractivity contribution is 0.0644. The second kappa shape index (κ2) is 7.84. The normalized spacial score (nSPS) is 12.8. The van der Waals surface area contributed by atoms with E-state index in [1.807, 2.05) is 33.8 Å². The molecule has 0 fully saturated rings. The molecule has 1 aliphatic heterocycles. The SMILES string of the molecule is Cc1cc2c(cc1Br)-c1c(c(C(=O)N(C)C(C)(C)C)nn1-c1cc(Cl)cc(Cl)c1)OC2. The fraction of sp³-hybridized carbons (Fsp3) is 0.304. The molecule has 0 radical (unpaired) electrons. The molecule has 1 aliphatic rings. The van der Waals surface area contributed by atoms with Gasteiger partial charge in [-0.25, -0.2) is 4.68 Å². The molecule has 2 aromatic carbocycles. The van der Waals surface area contributed by atoms with Gasteiger partial charge in [-0.2, -0.15) is 5.10 Å². The van der Waals surface area contributed by atoms with E-state index in [1.165, 1.54) is 0 Å². The van der Waals surface area contributed by atoms with Gasteiger partial charge in [0.25, 0.3) is 5.91 Å². The molecule has 8 heteroatoms. The average molecular weight is 523 g/mol. The van der Waals surface area contributed by atoms with Crippen LogP contribution >= 0.6 is 39.1 Å². The lowest BCUT2D eigenvalue weighted by Crippen LogP contribution is -2.42.